The number of rotatable bonds is 3. The first-order valence-electron chi connectivity index (χ1n) is 7.79. The smallest absolute Gasteiger partial charge is 0.318 e. The van der Waals surface area contributed by atoms with E-state index in [2.05, 4.69) is 15.6 Å². The molecule has 3 rings (SSSR count). The molecule has 1 fully saturated rings. The van der Waals surface area contributed by atoms with Crippen molar-refractivity contribution in [2.24, 2.45) is 7.05 Å². The summed E-state index contributed by atoms with van der Waals surface area (Å²) in [6.07, 6.45) is 0. The van der Waals surface area contributed by atoms with Crippen LogP contribution in [0.5, 0.6) is 5.75 Å². The molecular formula is C16H21N5O3. The first-order chi connectivity index (χ1) is 11.5. The van der Waals surface area contributed by atoms with Crippen molar-refractivity contribution >= 4 is 23.0 Å². The van der Waals surface area contributed by atoms with Gasteiger partial charge < -0.3 is 24.8 Å². The highest BCUT2D eigenvalue weighted by molar-refractivity contribution is 5.85. The number of hydrogen-bond acceptors (Lipinski definition) is 4. The van der Waals surface area contributed by atoms with Gasteiger partial charge in [-0.05, 0) is 19.1 Å². The maximum Gasteiger partial charge on any atom is 0.318 e. The fourth-order valence-electron chi connectivity index (χ4n) is 2.87. The van der Waals surface area contributed by atoms with Crippen LogP contribution in [-0.4, -0.2) is 52.6 Å². The molecule has 8 nitrogen and oxygen atoms in total. The van der Waals surface area contributed by atoms with Gasteiger partial charge in [0, 0.05) is 25.7 Å². The van der Waals surface area contributed by atoms with Crippen molar-refractivity contribution < 1.29 is 14.3 Å². The Hall–Kier alpha value is -2.77. The third-order valence-corrected chi connectivity index (χ3v) is 4.10. The lowest BCUT2D eigenvalue weighted by Gasteiger charge is -2.31. The molecule has 24 heavy (non-hydrogen) atoms. The number of fused-ring (bicyclic) bond motifs is 1. The van der Waals surface area contributed by atoms with Crippen LogP contribution in [0, 0.1) is 0 Å². The number of nitrogens with zero attached hydrogens (tertiary/aromatic N) is 3. The number of ether oxygens (including phenoxy) is 1. The lowest BCUT2D eigenvalue weighted by Crippen LogP contribution is -2.56. The van der Waals surface area contributed by atoms with Gasteiger partial charge in [-0.15, -0.1) is 0 Å². The van der Waals surface area contributed by atoms with Gasteiger partial charge in [0.2, 0.25) is 5.91 Å². The number of methoxy groups -OCH3 is 1. The molecule has 2 N–H and O–H groups in total. The molecule has 2 heterocycles. The summed E-state index contributed by atoms with van der Waals surface area (Å²) in [6.45, 7) is 2.74. The fraction of sp³-hybridized carbons (Fsp3) is 0.438. The van der Waals surface area contributed by atoms with Crippen LogP contribution >= 0.6 is 0 Å². The number of benzene rings is 1. The second kappa shape index (κ2) is 6.38. The zero-order valence-corrected chi connectivity index (χ0v) is 14.0. The number of aryl methyl sites for hydroxylation is 1. The van der Waals surface area contributed by atoms with Gasteiger partial charge in [-0.2, -0.15) is 0 Å². The van der Waals surface area contributed by atoms with Gasteiger partial charge in [0.15, 0.2) is 0 Å². The summed E-state index contributed by atoms with van der Waals surface area (Å²) in [5.74, 6) is 1.34. The standard InChI is InChI=1S/C16H21N5O3/c1-10-8-21(9-15(22)18-10)16(23)17-7-14-19-12-6-11(24-3)4-5-13(12)20(14)2/h4-6,10H,7-9H2,1-3H3,(H,17,23)(H,18,22). The number of carbonyl (C=O) groups is 2. The quantitative estimate of drug-likeness (QED) is 0.863. The van der Waals surface area contributed by atoms with Crippen LogP contribution in [0.4, 0.5) is 4.79 Å². The molecule has 0 saturated carbocycles. The summed E-state index contributed by atoms with van der Waals surface area (Å²) in [7, 11) is 3.51. The molecule has 0 spiro atoms. The summed E-state index contributed by atoms with van der Waals surface area (Å²) >= 11 is 0. The number of aromatic nitrogens is 2. The minimum atomic E-state index is -0.263. The number of hydrogen-bond donors (Lipinski definition) is 2. The highest BCUT2D eigenvalue weighted by Crippen LogP contribution is 2.20. The second-order valence-corrected chi connectivity index (χ2v) is 5.95. The van der Waals surface area contributed by atoms with Gasteiger partial charge in [0.1, 0.15) is 18.1 Å². The van der Waals surface area contributed by atoms with Gasteiger partial charge in [0.25, 0.3) is 0 Å². The zero-order valence-electron chi connectivity index (χ0n) is 14.0. The molecule has 3 amide bonds. The van der Waals surface area contributed by atoms with E-state index in [1.54, 1.807) is 7.11 Å². The summed E-state index contributed by atoms with van der Waals surface area (Å²) in [4.78, 5) is 29.8. The van der Waals surface area contributed by atoms with Gasteiger partial charge in [-0.25, -0.2) is 9.78 Å². The second-order valence-electron chi connectivity index (χ2n) is 5.95. The minimum absolute atomic E-state index is 0.0415. The van der Waals surface area contributed by atoms with Crippen LogP contribution in [0.3, 0.4) is 0 Å². The van der Waals surface area contributed by atoms with Crippen molar-refractivity contribution in [2.75, 3.05) is 20.2 Å². The van der Waals surface area contributed by atoms with Gasteiger partial charge in [0.05, 0.1) is 24.7 Å². The molecule has 1 aliphatic heterocycles. The van der Waals surface area contributed by atoms with E-state index >= 15 is 0 Å². The normalized spacial score (nSPS) is 17.7. The molecule has 2 aromatic rings. The van der Waals surface area contributed by atoms with E-state index in [9.17, 15) is 9.59 Å². The van der Waals surface area contributed by atoms with E-state index in [0.29, 0.717) is 13.1 Å². The molecule has 0 bridgehead atoms. The maximum atomic E-state index is 12.3. The fourth-order valence-corrected chi connectivity index (χ4v) is 2.87. The van der Waals surface area contributed by atoms with Gasteiger partial charge in [-0.3, -0.25) is 4.79 Å². The first kappa shape index (κ1) is 16.1. The monoisotopic (exact) mass is 331 g/mol. The van der Waals surface area contributed by atoms with E-state index in [0.717, 1.165) is 22.6 Å². The molecule has 1 saturated heterocycles. The first-order valence-corrected chi connectivity index (χ1v) is 7.79. The summed E-state index contributed by atoms with van der Waals surface area (Å²) in [6, 6.07) is 5.36. The van der Waals surface area contributed by atoms with Gasteiger partial charge >= 0.3 is 6.03 Å². The highest BCUT2D eigenvalue weighted by Gasteiger charge is 2.25. The predicted octanol–water partition coefficient (Wildman–Crippen LogP) is 0.612. The average molecular weight is 331 g/mol. The van der Waals surface area contributed by atoms with E-state index in [1.165, 1.54) is 4.90 Å². The molecule has 1 atom stereocenters. The Bertz CT molecular complexity index is 785. The van der Waals surface area contributed by atoms with Crippen LogP contribution in [0.2, 0.25) is 0 Å². The zero-order chi connectivity index (χ0) is 17.3. The van der Waals surface area contributed by atoms with Crippen molar-refractivity contribution in [2.45, 2.75) is 19.5 Å². The largest absolute Gasteiger partial charge is 0.497 e. The average Bonchev–Trinajstić information content (AvgIpc) is 2.87. The number of piperazine rings is 1. The topological polar surface area (TPSA) is 88.5 Å². The lowest BCUT2D eigenvalue weighted by molar-refractivity contribution is -0.124. The van der Waals surface area contributed by atoms with E-state index in [4.69, 9.17) is 4.74 Å². The SMILES string of the molecule is COc1ccc2c(c1)nc(CNC(=O)N1CC(=O)NC(C)C1)n2C. The van der Waals surface area contributed by atoms with E-state index < -0.39 is 0 Å². The number of carbonyl (C=O) groups excluding carboxylic acids is 2. The third-order valence-electron chi connectivity index (χ3n) is 4.10. The number of urea groups is 1. The summed E-state index contributed by atoms with van der Waals surface area (Å²) < 4.78 is 7.14. The van der Waals surface area contributed by atoms with E-state index in [-0.39, 0.29) is 24.5 Å². The van der Waals surface area contributed by atoms with Crippen molar-refractivity contribution in [3.05, 3.63) is 24.0 Å². The van der Waals surface area contributed by atoms with Crippen molar-refractivity contribution in [1.29, 1.82) is 0 Å². The third kappa shape index (κ3) is 3.12. The van der Waals surface area contributed by atoms with Crippen molar-refractivity contribution in [1.82, 2.24) is 25.1 Å². The van der Waals surface area contributed by atoms with E-state index in [1.807, 2.05) is 36.7 Å². The molecule has 128 valence electrons. The molecule has 1 aromatic carbocycles. The molecule has 1 aliphatic rings. The maximum absolute atomic E-state index is 12.3. The number of nitrogens with one attached hydrogen (secondary N) is 2. The van der Waals surface area contributed by atoms with Crippen LogP contribution < -0.4 is 15.4 Å². The molecule has 0 aliphatic carbocycles. The predicted molar refractivity (Wildman–Crippen MR) is 88.7 cm³/mol. The minimum Gasteiger partial charge on any atom is -0.497 e. The van der Waals surface area contributed by atoms with Crippen LogP contribution in [0.15, 0.2) is 18.2 Å². The Morgan fingerprint density at radius 2 is 2.29 bits per heavy atom. The molecular weight excluding hydrogens is 310 g/mol. The summed E-state index contributed by atoms with van der Waals surface area (Å²) in [5.41, 5.74) is 1.78. The van der Waals surface area contributed by atoms with Crippen molar-refractivity contribution in [3.8, 4) is 5.75 Å². The van der Waals surface area contributed by atoms with Crippen LogP contribution in [-0.2, 0) is 18.4 Å². The highest BCUT2D eigenvalue weighted by atomic mass is 16.5. The molecule has 1 unspecified atom stereocenters. The number of amides is 3. The Balaban J connectivity index is 1.70. The number of imidazole rings is 1. The molecule has 8 heteroatoms. The molecule has 0 radical (unpaired) electrons. The van der Waals surface area contributed by atoms with Gasteiger partial charge in [-0.1, -0.05) is 0 Å². The Kier molecular flexibility index (Phi) is 4.28. The Labute approximate surface area is 139 Å². The van der Waals surface area contributed by atoms with Crippen LogP contribution in [0.1, 0.15) is 12.7 Å². The Morgan fingerprint density at radius 1 is 1.50 bits per heavy atom. The Morgan fingerprint density at radius 3 is 3.00 bits per heavy atom. The molecule has 1 aromatic heterocycles. The van der Waals surface area contributed by atoms with Crippen LogP contribution in [0.25, 0.3) is 11.0 Å². The van der Waals surface area contributed by atoms with Crippen molar-refractivity contribution in [3.63, 3.8) is 0 Å². The summed E-state index contributed by atoms with van der Waals surface area (Å²) in [5, 5.41) is 5.62. The lowest BCUT2D eigenvalue weighted by atomic mass is 10.2.